The summed E-state index contributed by atoms with van der Waals surface area (Å²) in [5.74, 6) is 0.518. The monoisotopic (exact) mass is 280 g/mol. The van der Waals surface area contributed by atoms with Gasteiger partial charge >= 0.3 is 0 Å². The lowest BCUT2D eigenvalue weighted by Gasteiger charge is -2.41. The Morgan fingerprint density at radius 2 is 2.11 bits per heavy atom. The maximum atomic E-state index is 6.30. The number of methoxy groups -OCH3 is 2. The largest absolute Gasteiger partial charge is 0.481 e. The number of rotatable bonds is 3. The summed E-state index contributed by atoms with van der Waals surface area (Å²) in [4.78, 5) is 8.72. The summed E-state index contributed by atoms with van der Waals surface area (Å²) in [6, 6.07) is 3.62. The quantitative estimate of drug-likeness (QED) is 0.862. The van der Waals surface area contributed by atoms with Crippen LogP contribution >= 0.6 is 11.6 Å². The van der Waals surface area contributed by atoms with E-state index >= 15 is 0 Å². The van der Waals surface area contributed by atoms with Crippen LogP contribution in [0.2, 0.25) is 5.02 Å². The Bertz CT molecular complexity index is 623. The number of ether oxygens (including phenoxy) is 3. The Kier molecular flexibility index (Phi) is 3.05. The van der Waals surface area contributed by atoms with Gasteiger partial charge in [-0.25, -0.2) is 4.98 Å². The average molecular weight is 281 g/mol. The van der Waals surface area contributed by atoms with Gasteiger partial charge in [0.2, 0.25) is 5.88 Å². The smallest absolute Gasteiger partial charge is 0.213 e. The maximum Gasteiger partial charge on any atom is 0.213 e. The van der Waals surface area contributed by atoms with E-state index in [4.69, 9.17) is 25.8 Å². The van der Waals surface area contributed by atoms with E-state index in [1.807, 2.05) is 6.07 Å². The fraction of sp³-hybridized carbons (Fsp3) is 0.385. The molecule has 3 rings (SSSR count). The number of fused-ring (bicyclic) bond motifs is 1. The molecule has 0 radical (unpaired) electrons. The van der Waals surface area contributed by atoms with E-state index in [-0.39, 0.29) is 0 Å². The van der Waals surface area contributed by atoms with Gasteiger partial charge in [-0.1, -0.05) is 11.6 Å². The van der Waals surface area contributed by atoms with Gasteiger partial charge in [-0.3, -0.25) is 4.98 Å². The van der Waals surface area contributed by atoms with E-state index in [2.05, 4.69) is 9.97 Å². The predicted octanol–water partition coefficient (Wildman–Crippen LogP) is 2.16. The van der Waals surface area contributed by atoms with Gasteiger partial charge in [0.1, 0.15) is 11.1 Å². The Balaban J connectivity index is 2.29. The van der Waals surface area contributed by atoms with E-state index in [1.165, 1.54) is 0 Å². The molecule has 100 valence electrons. The van der Waals surface area contributed by atoms with Crippen molar-refractivity contribution >= 4 is 22.6 Å². The van der Waals surface area contributed by atoms with Crippen LogP contribution in [0.1, 0.15) is 5.56 Å². The third kappa shape index (κ3) is 1.85. The van der Waals surface area contributed by atoms with E-state index in [0.29, 0.717) is 29.6 Å². The topological polar surface area (TPSA) is 53.5 Å². The summed E-state index contributed by atoms with van der Waals surface area (Å²) in [5.41, 5.74) is 1.71. The summed E-state index contributed by atoms with van der Waals surface area (Å²) in [6.45, 7) is 0.919. The number of halogens is 1. The van der Waals surface area contributed by atoms with Crippen molar-refractivity contribution in [3.8, 4) is 5.88 Å². The van der Waals surface area contributed by atoms with Crippen LogP contribution in [-0.2, 0) is 15.1 Å². The van der Waals surface area contributed by atoms with E-state index in [9.17, 15) is 0 Å². The summed E-state index contributed by atoms with van der Waals surface area (Å²) in [6.07, 6.45) is 1.62. The van der Waals surface area contributed by atoms with Crippen LogP contribution in [-0.4, -0.2) is 37.4 Å². The Labute approximate surface area is 115 Å². The van der Waals surface area contributed by atoms with Crippen molar-refractivity contribution in [2.45, 2.75) is 5.60 Å². The predicted molar refractivity (Wildman–Crippen MR) is 70.6 cm³/mol. The van der Waals surface area contributed by atoms with Crippen LogP contribution in [0.15, 0.2) is 18.3 Å². The van der Waals surface area contributed by atoms with Gasteiger partial charge in [0.15, 0.2) is 0 Å². The summed E-state index contributed by atoms with van der Waals surface area (Å²) >= 11 is 6.30. The molecule has 0 spiro atoms. The van der Waals surface area contributed by atoms with Gasteiger partial charge in [-0.05, 0) is 6.07 Å². The standard InChI is InChI=1S/C13H13ClN2O3/c1-17-10-4-3-9-12(16-10)11(8(14)5-15-9)13(18-2)6-19-7-13/h3-5H,6-7H2,1-2H3. The highest BCUT2D eigenvalue weighted by molar-refractivity contribution is 6.32. The number of aromatic nitrogens is 2. The van der Waals surface area contributed by atoms with Crippen molar-refractivity contribution in [3.63, 3.8) is 0 Å². The van der Waals surface area contributed by atoms with E-state index in [1.54, 1.807) is 26.5 Å². The minimum atomic E-state index is -0.544. The molecular weight excluding hydrogens is 268 g/mol. The first-order chi connectivity index (χ1) is 9.20. The van der Waals surface area contributed by atoms with Gasteiger partial charge in [-0.2, -0.15) is 0 Å². The van der Waals surface area contributed by atoms with Crippen LogP contribution in [0.5, 0.6) is 5.88 Å². The number of hydrogen-bond acceptors (Lipinski definition) is 5. The van der Waals surface area contributed by atoms with Gasteiger partial charge in [0.05, 0.1) is 30.9 Å². The minimum absolute atomic E-state index is 0.460. The molecule has 0 N–H and O–H groups in total. The third-order valence-electron chi connectivity index (χ3n) is 3.37. The van der Waals surface area contributed by atoms with Gasteiger partial charge < -0.3 is 14.2 Å². The Hall–Kier alpha value is -1.43. The first kappa shape index (κ1) is 12.6. The van der Waals surface area contributed by atoms with Crippen molar-refractivity contribution in [1.82, 2.24) is 9.97 Å². The SMILES string of the molecule is COc1ccc2ncc(Cl)c(C3(OC)COC3)c2n1. The highest BCUT2D eigenvalue weighted by Gasteiger charge is 2.44. The molecule has 5 nitrogen and oxygen atoms in total. The maximum absolute atomic E-state index is 6.30. The normalized spacial score (nSPS) is 17.2. The van der Waals surface area contributed by atoms with E-state index in [0.717, 1.165) is 11.1 Å². The van der Waals surface area contributed by atoms with Crippen LogP contribution in [0.4, 0.5) is 0 Å². The Morgan fingerprint density at radius 1 is 1.32 bits per heavy atom. The molecule has 2 aromatic rings. The second kappa shape index (κ2) is 4.59. The summed E-state index contributed by atoms with van der Waals surface area (Å²) in [5, 5.41) is 0.526. The number of hydrogen-bond donors (Lipinski definition) is 0. The molecule has 3 heterocycles. The fourth-order valence-corrected chi connectivity index (χ4v) is 2.54. The lowest BCUT2D eigenvalue weighted by molar-refractivity contribution is -0.201. The molecule has 6 heteroatoms. The molecule has 0 aromatic carbocycles. The van der Waals surface area contributed by atoms with Crippen LogP contribution in [0.25, 0.3) is 11.0 Å². The van der Waals surface area contributed by atoms with Crippen molar-refractivity contribution in [3.05, 3.63) is 28.9 Å². The molecule has 0 atom stereocenters. The molecular formula is C13H13ClN2O3. The number of nitrogens with zero attached hydrogens (tertiary/aromatic N) is 2. The zero-order valence-corrected chi connectivity index (χ0v) is 11.4. The lowest BCUT2D eigenvalue weighted by Crippen LogP contribution is -2.48. The van der Waals surface area contributed by atoms with Crippen molar-refractivity contribution in [1.29, 1.82) is 0 Å². The highest BCUT2D eigenvalue weighted by Crippen LogP contribution is 2.40. The van der Waals surface area contributed by atoms with Crippen LogP contribution < -0.4 is 4.74 Å². The molecule has 0 saturated carbocycles. The van der Waals surface area contributed by atoms with Crippen molar-refractivity contribution in [2.24, 2.45) is 0 Å². The molecule has 1 saturated heterocycles. The second-order valence-electron chi connectivity index (χ2n) is 4.39. The molecule has 0 bridgehead atoms. The molecule has 0 unspecified atom stereocenters. The summed E-state index contributed by atoms with van der Waals surface area (Å²) in [7, 11) is 3.22. The fourth-order valence-electron chi connectivity index (χ4n) is 2.22. The van der Waals surface area contributed by atoms with E-state index < -0.39 is 5.60 Å². The molecule has 1 aliphatic heterocycles. The molecule has 1 fully saturated rings. The van der Waals surface area contributed by atoms with Crippen LogP contribution in [0.3, 0.4) is 0 Å². The Morgan fingerprint density at radius 3 is 2.68 bits per heavy atom. The summed E-state index contributed by atoms with van der Waals surface area (Å²) < 4.78 is 16.0. The lowest BCUT2D eigenvalue weighted by atomic mass is 9.91. The first-order valence-corrected chi connectivity index (χ1v) is 6.20. The van der Waals surface area contributed by atoms with Gasteiger partial charge in [0, 0.05) is 24.9 Å². The second-order valence-corrected chi connectivity index (χ2v) is 4.80. The molecule has 1 aliphatic rings. The van der Waals surface area contributed by atoms with Gasteiger partial charge in [-0.15, -0.1) is 0 Å². The zero-order valence-electron chi connectivity index (χ0n) is 10.6. The highest BCUT2D eigenvalue weighted by atomic mass is 35.5. The van der Waals surface area contributed by atoms with Gasteiger partial charge in [0.25, 0.3) is 0 Å². The van der Waals surface area contributed by atoms with Crippen molar-refractivity contribution in [2.75, 3.05) is 27.4 Å². The van der Waals surface area contributed by atoms with Crippen molar-refractivity contribution < 1.29 is 14.2 Å². The average Bonchev–Trinajstić information content (AvgIpc) is 2.40. The number of pyridine rings is 2. The van der Waals surface area contributed by atoms with Crippen LogP contribution in [0, 0.1) is 0 Å². The third-order valence-corrected chi connectivity index (χ3v) is 3.65. The molecule has 19 heavy (non-hydrogen) atoms. The first-order valence-electron chi connectivity index (χ1n) is 5.83. The zero-order chi connectivity index (χ0) is 13.5. The molecule has 0 aliphatic carbocycles. The minimum Gasteiger partial charge on any atom is -0.481 e. The molecule has 2 aromatic heterocycles. The molecule has 0 amide bonds.